The van der Waals surface area contributed by atoms with E-state index < -0.39 is 29.4 Å². The molecule has 1 aliphatic carbocycles. The van der Waals surface area contributed by atoms with Crippen LogP contribution in [-0.2, 0) is 4.79 Å². The highest BCUT2D eigenvalue weighted by atomic mass is 16.4. The van der Waals surface area contributed by atoms with E-state index in [1.54, 1.807) is 13.0 Å². The summed E-state index contributed by atoms with van der Waals surface area (Å²) in [6.45, 7) is 1.73. The van der Waals surface area contributed by atoms with Crippen molar-refractivity contribution in [1.82, 2.24) is 10.3 Å². The van der Waals surface area contributed by atoms with Crippen molar-refractivity contribution in [3.63, 3.8) is 0 Å². The smallest absolute Gasteiger partial charge is 0.308 e. The Morgan fingerprint density at radius 1 is 1.18 bits per heavy atom. The molecule has 3 N–H and O–H groups in total. The minimum absolute atomic E-state index is 0.0248. The van der Waals surface area contributed by atoms with Crippen molar-refractivity contribution in [3.05, 3.63) is 33.7 Å². The number of aromatic amines is 1. The number of H-pyrrole nitrogens is 1. The van der Waals surface area contributed by atoms with Gasteiger partial charge in [-0.05, 0) is 31.9 Å². The van der Waals surface area contributed by atoms with Gasteiger partial charge >= 0.3 is 5.97 Å². The average molecular weight is 306 g/mol. The van der Waals surface area contributed by atoms with Gasteiger partial charge in [-0.25, -0.2) is 0 Å². The molecular weight excluding hydrogens is 284 g/mol. The zero-order chi connectivity index (χ0) is 16.1. The summed E-state index contributed by atoms with van der Waals surface area (Å²) < 4.78 is 0. The van der Waals surface area contributed by atoms with Gasteiger partial charge < -0.3 is 15.4 Å². The lowest BCUT2D eigenvalue weighted by Gasteiger charge is -2.27. The van der Waals surface area contributed by atoms with Crippen LogP contribution in [0.5, 0.6) is 0 Å². The number of hydrogen-bond acceptors (Lipinski definition) is 3. The number of nitrogens with one attached hydrogen (secondary N) is 2. The zero-order valence-corrected chi connectivity index (χ0v) is 12.7. The molecule has 120 valence electrons. The third-order valence-corrected chi connectivity index (χ3v) is 4.20. The van der Waals surface area contributed by atoms with Crippen LogP contribution in [0.4, 0.5) is 0 Å². The van der Waals surface area contributed by atoms with Crippen LogP contribution in [0.3, 0.4) is 0 Å². The average Bonchev–Trinajstić information content (AvgIpc) is 2.41. The number of aliphatic carboxylic acids is 1. The Balaban J connectivity index is 2.15. The maximum atomic E-state index is 12.3. The minimum atomic E-state index is -0.884. The third-order valence-electron chi connectivity index (χ3n) is 4.20. The van der Waals surface area contributed by atoms with Gasteiger partial charge in [0.15, 0.2) is 0 Å². The molecule has 0 bridgehead atoms. The molecule has 1 aliphatic rings. The van der Waals surface area contributed by atoms with Crippen molar-refractivity contribution < 1.29 is 14.7 Å². The Kier molecular flexibility index (Phi) is 5.35. The second-order valence-corrected chi connectivity index (χ2v) is 5.90. The van der Waals surface area contributed by atoms with Gasteiger partial charge in [0.25, 0.3) is 11.5 Å². The van der Waals surface area contributed by atoms with E-state index >= 15 is 0 Å². The summed E-state index contributed by atoms with van der Waals surface area (Å²) in [6.07, 6.45) is 5.01. The zero-order valence-electron chi connectivity index (χ0n) is 12.7. The van der Waals surface area contributed by atoms with Gasteiger partial charge in [-0.3, -0.25) is 14.4 Å². The molecule has 6 heteroatoms. The predicted octanol–water partition coefficient (Wildman–Crippen LogP) is 1.84. The van der Waals surface area contributed by atoms with E-state index in [9.17, 15) is 19.5 Å². The number of aryl methyl sites for hydroxylation is 1. The maximum Gasteiger partial charge on any atom is 0.308 e. The molecule has 2 atom stereocenters. The molecule has 6 nitrogen and oxygen atoms in total. The molecule has 0 spiro atoms. The first kappa shape index (κ1) is 16.3. The van der Waals surface area contributed by atoms with Crippen LogP contribution in [0, 0.1) is 12.8 Å². The van der Waals surface area contributed by atoms with Gasteiger partial charge in [0, 0.05) is 11.7 Å². The Bertz CT molecular complexity index is 608. The number of pyridine rings is 1. The van der Waals surface area contributed by atoms with E-state index in [2.05, 4.69) is 10.3 Å². The fraction of sp³-hybridized carbons (Fsp3) is 0.562. The topological polar surface area (TPSA) is 99.3 Å². The lowest BCUT2D eigenvalue weighted by molar-refractivity contribution is -0.143. The summed E-state index contributed by atoms with van der Waals surface area (Å²) >= 11 is 0. The van der Waals surface area contributed by atoms with Crippen molar-refractivity contribution in [2.45, 2.75) is 51.5 Å². The molecule has 2 rings (SSSR count). The Morgan fingerprint density at radius 3 is 2.50 bits per heavy atom. The van der Waals surface area contributed by atoms with Crippen LogP contribution in [0.1, 0.15) is 54.6 Å². The quantitative estimate of drug-likeness (QED) is 0.793. The fourth-order valence-corrected chi connectivity index (χ4v) is 2.95. The summed E-state index contributed by atoms with van der Waals surface area (Å²) in [5.41, 5.74) is 0.253. The van der Waals surface area contributed by atoms with E-state index in [0.29, 0.717) is 18.5 Å². The molecule has 0 saturated heterocycles. The van der Waals surface area contributed by atoms with E-state index in [-0.39, 0.29) is 5.56 Å². The molecule has 1 saturated carbocycles. The summed E-state index contributed by atoms with van der Waals surface area (Å²) in [7, 11) is 0. The van der Waals surface area contributed by atoms with Crippen molar-refractivity contribution in [2.75, 3.05) is 0 Å². The Labute approximate surface area is 128 Å². The lowest BCUT2D eigenvalue weighted by Crippen LogP contribution is -2.45. The predicted molar refractivity (Wildman–Crippen MR) is 81.9 cm³/mol. The van der Waals surface area contributed by atoms with Gasteiger partial charge in [0.1, 0.15) is 5.56 Å². The molecule has 22 heavy (non-hydrogen) atoms. The van der Waals surface area contributed by atoms with E-state index in [0.717, 1.165) is 25.7 Å². The lowest BCUT2D eigenvalue weighted by atomic mass is 9.86. The minimum Gasteiger partial charge on any atom is -0.481 e. The summed E-state index contributed by atoms with van der Waals surface area (Å²) in [5.74, 6) is -1.98. The van der Waals surface area contributed by atoms with Crippen LogP contribution < -0.4 is 10.9 Å². The highest BCUT2D eigenvalue weighted by Crippen LogP contribution is 2.23. The fourth-order valence-electron chi connectivity index (χ4n) is 2.95. The molecule has 0 radical (unpaired) electrons. The number of aromatic nitrogens is 1. The van der Waals surface area contributed by atoms with Gasteiger partial charge in [-0.1, -0.05) is 25.7 Å². The summed E-state index contributed by atoms with van der Waals surface area (Å²) in [4.78, 5) is 38.1. The first-order valence-electron chi connectivity index (χ1n) is 7.72. The number of rotatable bonds is 3. The number of carbonyl (C=O) groups is 2. The summed E-state index contributed by atoms with van der Waals surface area (Å²) in [5, 5.41) is 12.1. The van der Waals surface area contributed by atoms with Crippen LogP contribution in [-0.4, -0.2) is 28.0 Å². The second-order valence-electron chi connectivity index (χ2n) is 5.90. The van der Waals surface area contributed by atoms with Crippen LogP contribution in [0.2, 0.25) is 0 Å². The van der Waals surface area contributed by atoms with E-state index in [1.807, 2.05) is 0 Å². The van der Waals surface area contributed by atoms with Crippen molar-refractivity contribution in [3.8, 4) is 0 Å². The molecular formula is C16H22N2O4. The molecule has 1 amide bonds. The molecule has 2 unspecified atom stereocenters. The number of carboxylic acid groups (broad SMARTS) is 1. The van der Waals surface area contributed by atoms with Crippen molar-refractivity contribution in [1.29, 1.82) is 0 Å². The van der Waals surface area contributed by atoms with Crippen LogP contribution in [0.15, 0.2) is 16.9 Å². The van der Waals surface area contributed by atoms with Gasteiger partial charge in [-0.2, -0.15) is 0 Å². The van der Waals surface area contributed by atoms with Crippen molar-refractivity contribution in [2.24, 2.45) is 5.92 Å². The number of hydrogen-bond donors (Lipinski definition) is 3. The molecule has 1 fully saturated rings. The largest absolute Gasteiger partial charge is 0.481 e. The molecule has 1 aromatic heterocycles. The molecule has 0 aliphatic heterocycles. The Morgan fingerprint density at radius 2 is 1.86 bits per heavy atom. The number of carboxylic acids is 1. The standard InChI is InChI=1S/C16H22N2O4/c1-10-8-9-12(14(19)17-10)15(20)18-13-7-5-3-2-4-6-11(13)16(21)22/h8-9,11,13H,2-7H2,1H3,(H,17,19)(H,18,20)(H,21,22). The number of carbonyl (C=O) groups excluding carboxylic acids is 1. The highest BCUT2D eigenvalue weighted by Gasteiger charge is 2.30. The Hall–Kier alpha value is -2.11. The van der Waals surface area contributed by atoms with Crippen LogP contribution >= 0.6 is 0 Å². The van der Waals surface area contributed by atoms with Gasteiger partial charge in [0.05, 0.1) is 5.92 Å². The molecule has 0 aromatic carbocycles. The summed E-state index contributed by atoms with van der Waals surface area (Å²) in [6, 6.07) is 2.71. The van der Waals surface area contributed by atoms with Gasteiger partial charge in [-0.15, -0.1) is 0 Å². The van der Waals surface area contributed by atoms with Crippen molar-refractivity contribution >= 4 is 11.9 Å². The first-order valence-corrected chi connectivity index (χ1v) is 7.72. The van der Waals surface area contributed by atoms with E-state index in [4.69, 9.17) is 0 Å². The maximum absolute atomic E-state index is 12.3. The second kappa shape index (κ2) is 7.24. The number of amides is 1. The first-order chi connectivity index (χ1) is 10.5. The highest BCUT2D eigenvalue weighted by molar-refractivity contribution is 5.94. The van der Waals surface area contributed by atoms with E-state index in [1.165, 1.54) is 6.07 Å². The monoisotopic (exact) mass is 306 g/mol. The SMILES string of the molecule is Cc1ccc(C(=O)NC2CCCCCCC2C(=O)O)c(=O)[nH]1. The third kappa shape index (κ3) is 3.96. The normalized spacial score (nSPS) is 22.4. The van der Waals surface area contributed by atoms with Crippen LogP contribution in [0.25, 0.3) is 0 Å². The molecule has 1 aromatic rings. The van der Waals surface area contributed by atoms with Gasteiger partial charge in [0.2, 0.25) is 0 Å². The molecule has 1 heterocycles.